The Labute approximate surface area is 149 Å². The lowest BCUT2D eigenvalue weighted by Crippen LogP contribution is -2.15. The Kier molecular flexibility index (Phi) is 6.58. The zero-order valence-electron chi connectivity index (χ0n) is 13.3. The quantitative estimate of drug-likeness (QED) is 0.534. The second kappa shape index (κ2) is 8.45. The minimum absolute atomic E-state index is 0.00926. The highest BCUT2D eigenvalue weighted by atomic mass is 32.2. The summed E-state index contributed by atoms with van der Waals surface area (Å²) >= 11 is 2.93. The normalized spacial score (nSPS) is 11.2. The van der Waals surface area contributed by atoms with E-state index >= 15 is 0 Å². The van der Waals surface area contributed by atoms with Crippen LogP contribution >= 0.6 is 23.1 Å². The van der Waals surface area contributed by atoms with E-state index in [1.807, 2.05) is 0 Å². The van der Waals surface area contributed by atoms with E-state index in [2.05, 4.69) is 27.2 Å². The molecular formula is C14H18N4O3S3. The molecule has 0 saturated carbocycles. The standard InChI is InChI=1S/C14H18N4O3S3/c1-3-9-22-14-17-16-13(23-14)15-12(19)10-5-7-11(8-6-10)18-24(20,21)4-2/h5-8,18H,3-4,9H2,1-2H3,(H,15,16,19). The molecule has 2 rings (SSSR count). The summed E-state index contributed by atoms with van der Waals surface area (Å²) in [6.45, 7) is 3.64. The van der Waals surface area contributed by atoms with Gasteiger partial charge in [-0.15, -0.1) is 10.2 Å². The highest BCUT2D eigenvalue weighted by Gasteiger charge is 2.11. The van der Waals surface area contributed by atoms with E-state index in [-0.39, 0.29) is 11.7 Å². The Morgan fingerprint density at radius 2 is 1.92 bits per heavy atom. The maximum Gasteiger partial charge on any atom is 0.257 e. The van der Waals surface area contributed by atoms with Crippen molar-refractivity contribution in [3.63, 3.8) is 0 Å². The number of carbonyl (C=O) groups is 1. The molecule has 0 aliphatic carbocycles. The molecular weight excluding hydrogens is 368 g/mol. The molecule has 0 aliphatic rings. The Bertz CT molecular complexity index is 788. The molecule has 1 aromatic heterocycles. The molecule has 0 fully saturated rings. The van der Waals surface area contributed by atoms with Crippen molar-refractivity contribution in [2.24, 2.45) is 0 Å². The highest BCUT2D eigenvalue weighted by molar-refractivity contribution is 8.01. The van der Waals surface area contributed by atoms with E-state index in [1.165, 1.54) is 11.3 Å². The molecule has 0 saturated heterocycles. The predicted octanol–water partition coefficient (Wildman–Crippen LogP) is 3.05. The first-order valence-electron chi connectivity index (χ1n) is 7.31. The molecule has 10 heteroatoms. The van der Waals surface area contributed by atoms with Gasteiger partial charge in [-0.05, 0) is 37.6 Å². The Morgan fingerprint density at radius 3 is 2.54 bits per heavy atom. The van der Waals surface area contributed by atoms with Gasteiger partial charge in [0.25, 0.3) is 5.91 Å². The van der Waals surface area contributed by atoms with E-state index in [9.17, 15) is 13.2 Å². The van der Waals surface area contributed by atoms with E-state index in [0.717, 1.165) is 16.5 Å². The first kappa shape index (κ1) is 18.7. The van der Waals surface area contributed by atoms with Crippen LogP contribution in [0.1, 0.15) is 30.6 Å². The lowest BCUT2D eigenvalue weighted by Gasteiger charge is -2.06. The molecule has 0 atom stereocenters. The molecule has 2 aromatic rings. The second-order valence-electron chi connectivity index (χ2n) is 4.76. The third kappa shape index (κ3) is 5.46. The van der Waals surface area contributed by atoms with Crippen molar-refractivity contribution in [1.82, 2.24) is 10.2 Å². The third-order valence-electron chi connectivity index (χ3n) is 2.86. The van der Waals surface area contributed by atoms with Gasteiger partial charge in [-0.2, -0.15) is 0 Å². The van der Waals surface area contributed by atoms with Crippen LogP contribution in [-0.4, -0.2) is 36.0 Å². The molecule has 0 bridgehead atoms. The van der Waals surface area contributed by atoms with Crippen molar-refractivity contribution in [1.29, 1.82) is 0 Å². The van der Waals surface area contributed by atoms with E-state index in [1.54, 1.807) is 43.0 Å². The molecule has 2 N–H and O–H groups in total. The monoisotopic (exact) mass is 386 g/mol. The van der Waals surface area contributed by atoms with Crippen LogP contribution in [0.4, 0.5) is 10.8 Å². The van der Waals surface area contributed by atoms with Crippen molar-refractivity contribution in [2.75, 3.05) is 21.5 Å². The molecule has 130 valence electrons. The fourth-order valence-corrected chi connectivity index (χ4v) is 3.93. The number of hydrogen-bond acceptors (Lipinski definition) is 7. The van der Waals surface area contributed by atoms with Gasteiger partial charge >= 0.3 is 0 Å². The fourth-order valence-electron chi connectivity index (χ4n) is 1.62. The van der Waals surface area contributed by atoms with Crippen LogP contribution < -0.4 is 10.0 Å². The Morgan fingerprint density at radius 1 is 1.21 bits per heavy atom. The number of rotatable bonds is 8. The summed E-state index contributed by atoms with van der Waals surface area (Å²) in [7, 11) is -3.33. The SMILES string of the molecule is CCCSc1nnc(NC(=O)c2ccc(NS(=O)(=O)CC)cc2)s1. The van der Waals surface area contributed by atoms with Gasteiger partial charge in [-0.3, -0.25) is 14.8 Å². The number of amides is 1. The van der Waals surface area contributed by atoms with Crippen LogP contribution in [0.5, 0.6) is 0 Å². The van der Waals surface area contributed by atoms with Crippen LogP contribution in [0.3, 0.4) is 0 Å². The summed E-state index contributed by atoms with van der Waals surface area (Å²) in [6, 6.07) is 6.20. The number of nitrogens with one attached hydrogen (secondary N) is 2. The summed E-state index contributed by atoms with van der Waals surface area (Å²) in [5.74, 6) is 0.630. The average Bonchev–Trinajstić information content (AvgIpc) is 3.00. The smallest absolute Gasteiger partial charge is 0.257 e. The molecule has 0 unspecified atom stereocenters. The number of anilines is 2. The van der Waals surface area contributed by atoms with Crippen molar-refractivity contribution >= 4 is 49.8 Å². The second-order valence-corrected chi connectivity index (χ2v) is 9.09. The van der Waals surface area contributed by atoms with Gasteiger partial charge in [-0.1, -0.05) is 30.0 Å². The first-order chi connectivity index (χ1) is 11.4. The minimum atomic E-state index is -3.33. The van der Waals surface area contributed by atoms with Gasteiger partial charge in [0.2, 0.25) is 15.2 Å². The zero-order valence-corrected chi connectivity index (χ0v) is 15.7. The van der Waals surface area contributed by atoms with Gasteiger partial charge in [0, 0.05) is 17.0 Å². The maximum absolute atomic E-state index is 12.2. The molecule has 7 nitrogen and oxygen atoms in total. The van der Waals surface area contributed by atoms with E-state index < -0.39 is 10.0 Å². The van der Waals surface area contributed by atoms with Gasteiger partial charge in [0.05, 0.1) is 5.75 Å². The summed E-state index contributed by atoms with van der Waals surface area (Å²) < 4.78 is 26.2. The van der Waals surface area contributed by atoms with Crippen LogP contribution in [0.25, 0.3) is 0 Å². The molecule has 1 heterocycles. The largest absolute Gasteiger partial charge is 0.296 e. The van der Waals surface area contributed by atoms with Crippen LogP contribution in [-0.2, 0) is 10.0 Å². The molecule has 0 aliphatic heterocycles. The van der Waals surface area contributed by atoms with Crippen LogP contribution in [0.15, 0.2) is 28.6 Å². The summed E-state index contributed by atoms with van der Waals surface area (Å²) in [6.07, 6.45) is 1.04. The van der Waals surface area contributed by atoms with E-state index in [0.29, 0.717) is 16.4 Å². The van der Waals surface area contributed by atoms with Crippen LogP contribution in [0, 0.1) is 0 Å². The number of hydrogen-bond donors (Lipinski definition) is 2. The molecule has 0 radical (unpaired) electrons. The lowest BCUT2D eigenvalue weighted by molar-refractivity contribution is 0.102. The Balaban J connectivity index is 1.98. The summed E-state index contributed by atoms with van der Waals surface area (Å²) in [4.78, 5) is 12.2. The lowest BCUT2D eigenvalue weighted by atomic mass is 10.2. The minimum Gasteiger partial charge on any atom is -0.296 e. The van der Waals surface area contributed by atoms with Crippen molar-refractivity contribution in [3.05, 3.63) is 29.8 Å². The first-order valence-corrected chi connectivity index (χ1v) is 10.8. The van der Waals surface area contributed by atoms with Crippen molar-refractivity contribution in [3.8, 4) is 0 Å². The number of carbonyl (C=O) groups excluding carboxylic acids is 1. The van der Waals surface area contributed by atoms with Crippen molar-refractivity contribution in [2.45, 2.75) is 24.6 Å². The predicted molar refractivity (Wildman–Crippen MR) is 98.4 cm³/mol. The highest BCUT2D eigenvalue weighted by Crippen LogP contribution is 2.26. The zero-order chi connectivity index (χ0) is 17.6. The van der Waals surface area contributed by atoms with Gasteiger partial charge in [0.15, 0.2) is 4.34 Å². The van der Waals surface area contributed by atoms with Crippen LogP contribution in [0.2, 0.25) is 0 Å². The van der Waals surface area contributed by atoms with Gasteiger partial charge in [0.1, 0.15) is 0 Å². The van der Waals surface area contributed by atoms with Gasteiger partial charge < -0.3 is 0 Å². The fraction of sp³-hybridized carbons (Fsp3) is 0.357. The maximum atomic E-state index is 12.2. The number of sulfonamides is 1. The third-order valence-corrected chi connectivity index (χ3v) is 6.34. The summed E-state index contributed by atoms with van der Waals surface area (Å²) in [5.41, 5.74) is 0.829. The Hall–Kier alpha value is -1.65. The number of benzene rings is 1. The molecule has 1 amide bonds. The topological polar surface area (TPSA) is 101 Å². The van der Waals surface area contributed by atoms with Crippen molar-refractivity contribution < 1.29 is 13.2 Å². The molecule has 1 aromatic carbocycles. The summed E-state index contributed by atoms with van der Waals surface area (Å²) in [5, 5.41) is 11.1. The van der Waals surface area contributed by atoms with Gasteiger partial charge in [-0.25, -0.2) is 8.42 Å². The number of nitrogens with zero attached hydrogens (tertiary/aromatic N) is 2. The van der Waals surface area contributed by atoms with E-state index in [4.69, 9.17) is 0 Å². The number of aromatic nitrogens is 2. The molecule has 24 heavy (non-hydrogen) atoms. The molecule has 0 spiro atoms. The average molecular weight is 387 g/mol. The number of thioether (sulfide) groups is 1.